The van der Waals surface area contributed by atoms with Crippen LogP contribution in [0.1, 0.15) is 28.4 Å². The third-order valence-corrected chi connectivity index (χ3v) is 3.45. The first kappa shape index (κ1) is 12.9. The average Bonchev–Trinajstić information content (AvgIpc) is 2.41. The zero-order chi connectivity index (χ0) is 13.1. The van der Waals surface area contributed by atoms with Gasteiger partial charge < -0.3 is 15.4 Å². The quantitative estimate of drug-likeness (QED) is 0.871. The van der Waals surface area contributed by atoms with Crippen LogP contribution in [-0.2, 0) is 12.8 Å². The van der Waals surface area contributed by atoms with Crippen LogP contribution in [0.3, 0.4) is 0 Å². The van der Waals surface area contributed by atoms with E-state index in [1.165, 1.54) is 0 Å². The van der Waals surface area contributed by atoms with Gasteiger partial charge in [-0.1, -0.05) is 6.92 Å². The second-order valence-electron chi connectivity index (χ2n) is 4.51. The largest absolute Gasteiger partial charge is 0.496 e. The normalized spacial score (nSPS) is 14.6. The maximum absolute atomic E-state index is 12.3. The molecule has 0 unspecified atom stereocenters. The molecule has 0 spiro atoms. The van der Waals surface area contributed by atoms with Crippen molar-refractivity contribution in [2.45, 2.75) is 19.8 Å². The molecule has 0 radical (unpaired) electrons. The van der Waals surface area contributed by atoms with Gasteiger partial charge in [0, 0.05) is 25.2 Å². The summed E-state index contributed by atoms with van der Waals surface area (Å²) in [5.41, 5.74) is 8.51. The van der Waals surface area contributed by atoms with E-state index in [0.717, 1.165) is 41.8 Å². The maximum Gasteiger partial charge on any atom is 0.254 e. The molecule has 4 nitrogen and oxygen atoms in total. The summed E-state index contributed by atoms with van der Waals surface area (Å²) < 4.78 is 5.37. The van der Waals surface area contributed by atoms with Crippen molar-refractivity contribution in [2.24, 2.45) is 5.73 Å². The molecule has 0 saturated heterocycles. The van der Waals surface area contributed by atoms with Gasteiger partial charge in [-0.05, 0) is 36.1 Å². The highest BCUT2D eigenvalue weighted by atomic mass is 16.5. The van der Waals surface area contributed by atoms with Crippen LogP contribution >= 0.6 is 0 Å². The van der Waals surface area contributed by atoms with Crippen LogP contribution < -0.4 is 10.5 Å². The lowest BCUT2D eigenvalue weighted by molar-refractivity contribution is 0.0744. The third kappa shape index (κ3) is 2.20. The first-order chi connectivity index (χ1) is 8.71. The summed E-state index contributed by atoms with van der Waals surface area (Å²) in [7, 11) is 1.67. The molecule has 0 saturated carbocycles. The van der Waals surface area contributed by atoms with E-state index in [9.17, 15) is 4.79 Å². The smallest absolute Gasteiger partial charge is 0.254 e. The summed E-state index contributed by atoms with van der Waals surface area (Å²) in [5.74, 6) is 0.982. The predicted octanol–water partition coefficient (Wildman–Crippen LogP) is 1.21. The fourth-order valence-electron chi connectivity index (χ4n) is 2.44. The number of nitrogens with two attached hydrogens (primary N) is 1. The summed E-state index contributed by atoms with van der Waals surface area (Å²) in [6.07, 6.45) is 1.74. The highest BCUT2D eigenvalue weighted by Gasteiger charge is 2.25. The molecule has 1 aliphatic heterocycles. The van der Waals surface area contributed by atoms with Crippen LogP contribution in [0.5, 0.6) is 5.75 Å². The van der Waals surface area contributed by atoms with E-state index >= 15 is 0 Å². The SMILES string of the molecule is CCc1cc2c(cc1OC)CCN(CCN)C2=O. The number of hydrogen-bond acceptors (Lipinski definition) is 3. The number of methoxy groups -OCH3 is 1. The van der Waals surface area contributed by atoms with E-state index < -0.39 is 0 Å². The van der Waals surface area contributed by atoms with Crippen molar-refractivity contribution in [1.29, 1.82) is 0 Å². The molecule has 2 rings (SSSR count). The second kappa shape index (κ2) is 5.40. The third-order valence-electron chi connectivity index (χ3n) is 3.45. The predicted molar refractivity (Wildman–Crippen MR) is 71.0 cm³/mol. The van der Waals surface area contributed by atoms with Crippen LogP contribution in [0.25, 0.3) is 0 Å². The van der Waals surface area contributed by atoms with Crippen LogP contribution in [0.2, 0.25) is 0 Å². The van der Waals surface area contributed by atoms with Gasteiger partial charge in [0.2, 0.25) is 0 Å². The number of benzene rings is 1. The number of rotatable bonds is 4. The zero-order valence-electron chi connectivity index (χ0n) is 11.0. The van der Waals surface area contributed by atoms with Gasteiger partial charge in [0.1, 0.15) is 5.75 Å². The molecule has 0 fully saturated rings. The van der Waals surface area contributed by atoms with Gasteiger partial charge in [0.25, 0.3) is 5.91 Å². The molecule has 1 aromatic rings. The van der Waals surface area contributed by atoms with Crippen LogP contribution in [0.15, 0.2) is 12.1 Å². The molecule has 0 aromatic heterocycles. The van der Waals surface area contributed by atoms with Gasteiger partial charge in [-0.2, -0.15) is 0 Å². The van der Waals surface area contributed by atoms with Crippen LogP contribution in [-0.4, -0.2) is 37.6 Å². The molecule has 1 amide bonds. The molecule has 1 aliphatic rings. The fourth-order valence-corrected chi connectivity index (χ4v) is 2.44. The van der Waals surface area contributed by atoms with E-state index in [-0.39, 0.29) is 5.91 Å². The molecular weight excluding hydrogens is 228 g/mol. The van der Waals surface area contributed by atoms with Gasteiger partial charge in [0.05, 0.1) is 7.11 Å². The molecule has 18 heavy (non-hydrogen) atoms. The van der Waals surface area contributed by atoms with Gasteiger partial charge in [-0.25, -0.2) is 0 Å². The van der Waals surface area contributed by atoms with E-state index in [1.807, 2.05) is 17.0 Å². The van der Waals surface area contributed by atoms with Crippen LogP contribution in [0.4, 0.5) is 0 Å². The Bertz CT molecular complexity index is 457. The molecular formula is C14H20N2O2. The Morgan fingerprint density at radius 3 is 2.83 bits per heavy atom. The molecule has 1 heterocycles. The Kier molecular flexibility index (Phi) is 3.87. The van der Waals surface area contributed by atoms with E-state index in [0.29, 0.717) is 13.1 Å². The number of ether oxygens (including phenoxy) is 1. The number of aryl methyl sites for hydroxylation is 1. The van der Waals surface area contributed by atoms with Gasteiger partial charge in [-0.3, -0.25) is 4.79 Å². The minimum Gasteiger partial charge on any atom is -0.496 e. The Hall–Kier alpha value is -1.55. The van der Waals surface area contributed by atoms with Crippen molar-refractivity contribution in [3.05, 3.63) is 28.8 Å². The molecule has 0 aliphatic carbocycles. The summed E-state index contributed by atoms with van der Waals surface area (Å²) in [6.45, 7) is 3.95. The van der Waals surface area contributed by atoms with Gasteiger partial charge >= 0.3 is 0 Å². The fraction of sp³-hybridized carbons (Fsp3) is 0.500. The number of carbonyl (C=O) groups excluding carboxylic acids is 1. The van der Waals surface area contributed by atoms with Gasteiger partial charge in [0.15, 0.2) is 0 Å². The zero-order valence-corrected chi connectivity index (χ0v) is 11.0. The molecule has 4 heteroatoms. The monoisotopic (exact) mass is 248 g/mol. The Morgan fingerprint density at radius 1 is 1.44 bits per heavy atom. The molecule has 0 bridgehead atoms. The highest BCUT2D eigenvalue weighted by Crippen LogP contribution is 2.28. The second-order valence-corrected chi connectivity index (χ2v) is 4.51. The first-order valence-corrected chi connectivity index (χ1v) is 6.40. The maximum atomic E-state index is 12.3. The summed E-state index contributed by atoms with van der Waals surface area (Å²) in [6, 6.07) is 3.98. The lowest BCUT2D eigenvalue weighted by Gasteiger charge is -2.29. The molecule has 1 aromatic carbocycles. The number of amides is 1. The summed E-state index contributed by atoms with van der Waals surface area (Å²) in [4.78, 5) is 14.1. The molecule has 2 N–H and O–H groups in total. The van der Waals surface area contributed by atoms with E-state index in [1.54, 1.807) is 7.11 Å². The van der Waals surface area contributed by atoms with Crippen molar-refractivity contribution in [3.63, 3.8) is 0 Å². The lowest BCUT2D eigenvalue weighted by Crippen LogP contribution is -2.40. The average molecular weight is 248 g/mol. The van der Waals surface area contributed by atoms with Crippen LogP contribution in [0, 0.1) is 0 Å². The van der Waals surface area contributed by atoms with E-state index in [4.69, 9.17) is 10.5 Å². The standard InChI is InChI=1S/C14H20N2O2/c1-3-10-8-12-11(9-13(10)18-2)4-6-16(7-5-15)14(12)17/h8-9H,3-7,15H2,1-2H3. The Balaban J connectivity index is 2.39. The Morgan fingerprint density at radius 2 is 2.22 bits per heavy atom. The van der Waals surface area contributed by atoms with Crippen molar-refractivity contribution >= 4 is 5.91 Å². The van der Waals surface area contributed by atoms with Crippen molar-refractivity contribution < 1.29 is 9.53 Å². The Labute approximate surface area is 108 Å². The first-order valence-electron chi connectivity index (χ1n) is 6.40. The van der Waals surface area contributed by atoms with Gasteiger partial charge in [-0.15, -0.1) is 0 Å². The number of nitrogens with zero attached hydrogens (tertiary/aromatic N) is 1. The highest BCUT2D eigenvalue weighted by molar-refractivity contribution is 5.97. The molecule has 0 atom stereocenters. The van der Waals surface area contributed by atoms with E-state index in [2.05, 4.69) is 6.92 Å². The minimum atomic E-state index is 0.0963. The van der Waals surface area contributed by atoms with Crippen molar-refractivity contribution in [2.75, 3.05) is 26.7 Å². The number of hydrogen-bond donors (Lipinski definition) is 1. The summed E-state index contributed by atoms with van der Waals surface area (Å²) >= 11 is 0. The summed E-state index contributed by atoms with van der Waals surface area (Å²) in [5, 5.41) is 0. The lowest BCUT2D eigenvalue weighted by atomic mass is 9.95. The number of carbonyl (C=O) groups is 1. The minimum absolute atomic E-state index is 0.0963. The molecule has 98 valence electrons. The van der Waals surface area contributed by atoms with Crippen molar-refractivity contribution in [1.82, 2.24) is 4.90 Å². The topological polar surface area (TPSA) is 55.6 Å². The number of fused-ring (bicyclic) bond motifs is 1. The van der Waals surface area contributed by atoms with Crippen molar-refractivity contribution in [3.8, 4) is 5.75 Å².